The lowest BCUT2D eigenvalue weighted by atomic mass is 10.1. The van der Waals surface area contributed by atoms with E-state index < -0.39 is 6.10 Å². The number of nitrogens with one attached hydrogen (secondary N) is 1. The Morgan fingerprint density at radius 2 is 1.47 bits per heavy atom. The first kappa shape index (κ1) is 15.7. The molecule has 102 valence electrons. The van der Waals surface area contributed by atoms with Gasteiger partial charge in [-0.15, -0.1) is 0 Å². The van der Waals surface area contributed by atoms with Crippen LogP contribution in [0.4, 0.5) is 0 Å². The van der Waals surface area contributed by atoms with E-state index in [1.165, 1.54) is 0 Å². The molecule has 3 heteroatoms. The summed E-state index contributed by atoms with van der Waals surface area (Å²) in [5.41, 5.74) is 0.894. The van der Waals surface area contributed by atoms with Gasteiger partial charge in [-0.3, -0.25) is 0 Å². The zero-order valence-electron chi connectivity index (χ0n) is 11.1. The normalized spacial score (nSPS) is 11.3. The first-order valence-electron chi connectivity index (χ1n) is 6.38. The number of rotatable bonds is 4. The Morgan fingerprint density at radius 1 is 1.00 bits per heavy atom. The molecule has 0 aliphatic carbocycles. The Kier molecular flexibility index (Phi) is 7.91. The van der Waals surface area contributed by atoms with Crippen molar-refractivity contribution in [1.82, 2.24) is 5.32 Å². The molecular weight excluding hydrogens is 258 g/mol. The molecule has 0 aliphatic heterocycles. The fourth-order valence-corrected chi connectivity index (χ4v) is 1.59. The molecule has 0 saturated heterocycles. The molecule has 2 rings (SSSR count). The van der Waals surface area contributed by atoms with Crippen molar-refractivity contribution >= 4 is 11.6 Å². The van der Waals surface area contributed by atoms with E-state index in [4.69, 9.17) is 11.6 Å². The molecule has 2 N–H and O–H groups in total. The van der Waals surface area contributed by atoms with E-state index in [0.717, 1.165) is 12.1 Å². The van der Waals surface area contributed by atoms with E-state index in [0.29, 0.717) is 11.6 Å². The van der Waals surface area contributed by atoms with Crippen molar-refractivity contribution in [3.8, 4) is 0 Å². The van der Waals surface area contributed by atoms with Crippen LogP contribution in [-0.2, 0) is 0 Å². The highest BCUT2D eigenvalue weighted by Crippen LogP contribution is 2.15. The van der Waals surface area contributed by atoms with Crippen molar-refractivity contribution in [3.63, 3.8) is 0 Å². The van der Waals surface area contributed by atoms with Crippen LogP contribution in [0.25, 0.3) is 0 Å². The summed E-state index contributed by atoms with van der Waals surface area (Å²) in [7, 11) is 0. The summed E-state index contributed by atoms with van der Waals surface area (Å²) in [4.78, 5) is 0. The quantitative estimate of drug-likeness (QED) is 0.894. The molecule has 2 aromatic carbocycles. The summed E-state index contributed by atoms with van der Waals surface area (Å²) < 4.78 is 0. The van der Waals surface area contributed by atoms with Gasteiger partial charge in [-0.25, -0.2) is 0 Å². The van der Waals surface area contributed by atoms with Gasteiger partial charge in [0.15, 0.2) is 0 Å². The van der Waals surface area contributed by atoms with Crippen LogP contribution in [0.2, 0.25) is 5.02 Å². The van der Waals surface area contributed by atoms with Crippen molar-refractivity contribution in [3.05, 3.63) is 71.2 Å². The van der Waals surface area contributed by atoms with Gasteiger partial charge in [0.2, 0.25) is 0 Å². The molecule has 2 aromatic rings. The van der Waals surface area contributed by atoms with Crippen molar-refractivity contribution in [2.24, 2.45) is 0 Å². The van der Waals surface area contributed by atoms with Crippen molar-refractivity contribution in [1.29, 1.82) is 0 Å². The van der Waals surface area contributed by atoms with Gasteiger partial charge in [0, 0.05) is 11.6 Å². The van der Waals surface area contributed by atoms with Gasteiger partial charge in [0.05, 0.1) is 6.10 Å². The predicted octanol–water partition coefficient (Wildman–Crippen LogP) is 3.67. The SMILES string of the molecule is CCNC[C@H](O)c1ccc(Cl)cc1.c1ccccc1. The molecule has 0 bridgehead atoms. The molecule has 0 unspecified atom stereocenters. The number of aliphatic hydroxyl groups excluding tert-OH is 1. The van der Waals surface area contributed by atoms with E-state index in [2.05, 4.69) is 5.32 Å². The predicted molar refractivity (Wildman–Crippen MR) is 81.4 cm³/mol. The van der Waals surface area contributed by atoms with Gasteiger partial charge in [-0.05, 0) is 24.2 Å². The average molecular weight is 278 g/mol. The molecule has 1 atom stereocenters. The molecule has 0 aromatic heterocycles. The summed E-state index contributed by atoms with van der Waals surface area (Å²) >= 11 is 5.72. The van der Waals surface area contributed by atoms with Crippen molar-refractivity contribution in [2.45, 2.75) is 13.0 Å². The van der Waals surface area contributed by atoms with Gasteiger partial charge in [0.25, 0.3) is 0 Å². The third-order valence-electron chi connectivity index (χ3n) is 2.51. The number of likely N-dealkylation sites (N-methyl/N-ethyl adjacent to an activating group) is 1. The second-order valence-corrected chi connectivity index (χ2v) is 4.47. The second kappa shape index (κ2) is 9.56. The molecule has 0 heterocycles. The molecule has 0 saturated carbocycles. The third kappa shape index (κ3) is 6.97. The zero-order valence-corrected chi connectivity index (χ0v) is 11.8. The van der Waals surface area contributed by atoms with Crippen LogP contribution in [-0.4, -0.2) is 18.2 Å². The van der Waals surface area contributed by atoms with E-state index in [1.54, 1.807) is 12.1 Å². The van der Waals surface area contributed by atoms with Crippen molar-refractivity contribution < 1.29 is 5.11 Å². The first-order valence-corrected chi connectivity index (χ1v) is 6.76. The maximum absolute atomic E-state index is 9.64. The topological polar surface area (TPSA) is 32.3 Å². The molecule has 0 amide bonds. The summed E-state index contributed by atoms with van der Waals surface area (Å²) in [5.74, 6) is 0. The zero-order chi connectivity index (χ0) is 13.9. The second-order valence-electron chi connectivity index (χ2n) is 4.03. The van der Waals surface area contributed by atoms with Crippen LogP contribution in [0.5, 0.6) is 0 Å². The summed E-state index contributed by atoms with van der Waals surface area (Å²) in [6.45, 7) is 3.46. The van der Waals surface area contributed by atoms with E-state index in [1.807, 2.05) is 55.5 Å². The highest BCUT2D eigenvalue weighted by atomic mass is 35.5. The largest absolute Gasteiger partial charge is 0.387 e. The van der Waals surface area contributed by atoms with Gasteiger partial charge in [0.1, 0.15) is 0 Å². The summed E-state index contributed by atoms with van der Waals surface area (Å²) in [5, 5.41) is 13.4. The maximum Gasteiger partial charge on any atom is 0.0914 e. The van der Waals surface area contributed by atoms with Crippen LogP contribution in [0.15, 0.2) is 60.7 Å². The van der Waals surface area contributed by atoms with E-state index in [-0.39, 0.29) is 0 Å². The Bertz CT molecular complexity index is 404. The number of hydrogen-bond donors (Lipinski definition) is 2. The molecule has 0 radical (unpaired) electrons. The first-order chi connectivity index (χ1) is 9.24. The number of halogens is 1. The van der Waals surface area contributed by atoms with Crippen molar-refractivity contribution in [2.75, 3.05) is 13.1 Å². The average Bonchev–Trinajstić information content (AvgIpc) is 2.48. The Labute approximate surface area is 120 Å². The number of aliphatic hydroxyl groups is 1. The number of hydrogen-bond acceptors (Lipinski definition) is 2. The Balaban J connectivity index is 0.000000250. The molecule has 0 aliphatic rings. The van der Waals surface area contributed by atoms with E-state index >= 15 is 0 Å². The highest BCUT2D eigenvalue weighted by molar-refractivity contribution is 6.30. The third-order valence-corrected chi connectivity index (χ3v) is 2.76. The van der Waals surface area contributed by atoms with Crippen LogP contribution < -0.4 is 5.32 Å². The lowest BCUT2D eigenvalue weighted by molar-refractivity contribution is 0.175. The van der Waals surface area contributed by atoms with Crippen LogP contribution in [0, 0.1) is 0 Å². The fraction of sp³-hybridized carbons (Fsp3) is 0.250. The highest BCUT2D eigenvalue weighted by Gasteiger charge is 2.05. The molecule has 0 spiro atoms. The number of benzene rings is 2. The fourth-order valence-electron chi connectivity index (χ4n) is 1.47. The Hall–Kier alpha value is -1.35. The van der Waals surface area contributed by atoms with Crippen LogP contribution in [0.1, 0.15) is 18.6 Å². The van der Waals surface area contributed by atoms with Gasteiger partial charge in [-0.1, -0.05) is 67.1 Å². The van der Waals surface area contributed by atoms with Crippen LogP contribution >= 0.6 is 11.6 Å². The lowest BCUT2D eigenvalue weighted by Gasteiger charge is -2.10. The minimum atomic E-state index is -0.447. The molecule has 19 heavy (non-hydrogen) atoms. The molecular formula is C16H20ClNO. The minimum absolute atomic E-state index is 0.447. The van der Waals surface area contributed by atoms with Crippen LogP contribution in [0.3, 0.4) is 0 Å². The Morgan fingerprint density at radius 3 is 1.89 bits per heavy atom. The maximum atomic E-state index is 9.64. The van der Waals surface area contributed by atoms with Gasteiger partial charge < -0.3 is 10.4 Å². The van der Waals surface area contributed by atoms with Gasteiger partial charge >= 0.3 is 0 Å². The smallest absolute Gasteiger partial charge is 0.0914 e. The summed E-state index contributed by atoms with van der Waals surface area (Å²) in [6, 6.07) is 19.2. The standard InChI is InChI=1S/C10H14ClNO.C6H6/c1-2-12-7-10(13)8-3-5-9(11)6-4-8;1-2-4-6-5-3-1/h3-6,10,12-13H,2,7H2,1H3;1-6H/t10-;/m0./s1. The summed E-state index contributed by atoms with van der Waals surface area (Å²) in [6.07, 6.45) is -0.447. The lowest BCUT2D eigenvalue weighted by Crippen LogP contribution is -2.20. The molecule has 0 fully saturated rings. The monoisotopic (exact) mass is 277 g/mol. The van der Waals surface area contributed by atoms with Gasteiger partial charge in [-0.2, -0.15) is 0 Å². The molecule has 2 nitrogen and oxygen atoms in total. The van der Waals surface area contributed by atoms with E-state index in [9.17, 15) is 5.11 Å². The minimum Gasteiger partial charge on any atom is -0.387 e.